The average Bonchev–Trinajstić information content (AvgIpc) is 3.38. The first kappa shape index (κ1) is 16.8. The maximum Gasteiger partial charge on any atom is 0.251 e. The molecule has 1 saturated heterocycles. The van der Waals surface area contributed by atoms with Crippen LogP contribution in [-0.2, 0) is 11.3 Å². The highest BCUT2D eigenvalue weighted by atomic mass is 16.5. The standard InChI is InChI=1S/C22H30N2O2/c25-22(23-20-8-7-19-17-5-6-18(13-17)21(19)20)16-3-1-15(2-4-16)14-24-9-11-26-12-10-24/h1-4,17-21H,5-14H2,(H,23,25)/t17-,18+,19-,20-,21+/m1/s1. The summed E-state index contributed by atoms with van der Waals surface area (Å²) in [6, 6.07) is 8.63. The molecule has 4 heteroatoms. The predicted molar refractivity (Wildman–Crippen MR) is 101 cm³/mol. The van der Waals surface area contributed by atoms with E-state index in [9.17, 15) is 4.79 Å². The van der Waals surface area contributed by atoms with Crippen molar-refractivity contribution < 1.29 is 9.53 Å². The molecule has 1 aromatic rings. The van der Waals surface area contributed by atoms with Crippen LogP contribution in [0.1, 0.15) is 48.0 Å². The van der Waals surface area contributed by atoms with Gasteiger partial charge in [-0.3, -0.25) is 9.69 Å². The van der Waals surface area contributed by atoms with Gasteiger partial charge in [0.05, 0.1) is 13.2 Å². The summed E-state index contributed by atoms with van der Waals surface area (Å²) in [5, 5.41) is 3.39. The summed E-state index contributed by atoms with van der Waals surface area (Å²) in [7, 11) is 0. The molecular formula is C22H30N2O2. The minimum Gasteiger partial charge on any atom is -0.379 e. The summed E-state index contributed by atoms with van der Waals surface area (Å²) < 4.78 is 5.40. The average molecular weight is 354 g/mol. The molecule has 3 saturated carbocycles. The summed E-state index contributed by atoms with van der Waals surface area (Å²) in [6.07, 6.45) is 6.78. The van der Waals surface area contributed by atoms with Crippen LogP contribution in [0.4, 0.5) is 0 Å². The number of benzene rings is 1. The fourth-order valence-corrected chi connectivity index (χ4v) is 6.27. The molecule has 1 amide bonds. The molecule has 0 unspecified atom stereocenters. The maximum absolute atomic E-state index is 12.8. The molecule has 1 aromatic carbocycles. The fourth-order valence-electron chi connectivity index (χ4n) is 6.27. The molecule has 5 atom stereocenters. The van der Waals surface area contributed by atoms with Crippen LogP contribution in [0.25, 0.3) is 0 Å². The molecule has 5 rings (SSSR count). The van der Waals surface area contributed by atoms with Crippen molar-refractivity contribution in [3.63, 3.8) is 0 Å². The van der Waals surface area contributed by atoms with E-state index in [2.05, 4.69) is 22.3 Å². The van der Waals surface area contributed by atoms with Crippen molar-refractivity contribution >= 4 is 5.91 Å². The number of nitrogens with one attached hydrogen (secondary N) is 1. The molecule has 26 heavy (non-hydrogen) atoms. The first-order chi connectivity index (χ1) is 12.8. The van der Waals surface area contributed by atoms with Crippen LogP contribution in [0.3, 0.4) is 0 Å². The number of rotatable bonds is 4. The molecule has 4 nitrogen and oxygen atoms in total. The van der Waals surface area contributed by atoms with Crippen molar-refractivity contribution in [2.75, 3.05) is 26.3 Å². The molecular weight excluding hydrogens is 324 g/mol. The van der Waals surface area contributed by atoms with Gasteiger partial charge in [0.15, 0.2) is 0 Å². The smallest absolute Gasteiger partial charge is 0.251 e. The lowest BCUT2D eigenvalue weighted by Gasteiger charge is -2.29. The third-order valence-electron chi connectivity index (χ3n) is 7.48. The van der Waals surface area contributed by atoms with Gasteiger partial charge < -0.3 is 10.1 Å². The third-order valence-corrected chi connectivity index (χ3v) is 7.48. The van der Waals surface area contributed by atoms with Crippen LogP contribution in [0.15, 0.2) is 24.3 Å². The van der Waals surface area contributed by atoms with Crippen LogP contribution in [0.5, 0.6) is 0 Å². The van der Waals surface area contributed by atoms with Gasteiger partial charge >= 0.3 is 0 Å². The summed E-state index contributed by atoms with van der Waals surface area (Å²) >= 11 is 0. The number of amides is 1. The van der Waals surface area contributed by atoms with E-state index in [0.717, 1.165) is 62.1 Å². The van der Waals surface area contributed by atoms with Gasteiger partial charge in [-0.2, -0.15) is 0 Å². The van der Waals surface area contributed by atoms with Gasteiger partial charge in [-0.25, -0.2) is 0 Å². The van der Waals surface area contributed by atoms with Crippen LogP contribution < -0.4 is 5.32 Å². The van der Waals surface area contributed by atoms with E-state index in [1.54, 1.807) is 0 Å². The van der Waals surface area contributed by atoms with Crippen LogP contribution in [0.2, 0.25) is 0 Å². The number of carbonyl (C=O) groups is 1. The Bertz CT molecular complexity index is 653. The minimum absolute atomic E-state index is 0.122. The molecule has 4 fully saturated rings. The highest BCUT2D eigenvalue weighted by molar-refractivity contribution is 5.94. The number of hydrogen-bond acceptors (Lipinski definition) is 3. The lowest BCUT2D eigenvalue weighted by atomic mass is 9.80. The lowest BCUT2D eigenvalue weighted by molar-refractivity contribution is 0.0342. The second kappa shape index (κ2) is 6.97. The largest absolute Gasteiger partial charge is 0.379 e. The monoisotopic (exact) mass is 354 g/mol. The van der Waals surface area contributed by atoms with Crippen molar-refractivity contribution in [2.45, 2.75) is 44.7 Å². The van der Waals surface area contributed by atoms with E-state index < -0.39 is 0 Å². The van der Waals surface area contributed by atoms with Gasteiger partial charge in [0.25, 0.3) is 5.91 Å². The number of morpholine rings is 1. The van der Waals surface area contributed by atoms with E-state index in [-0.39, 0.29) is 5.91 Å². The highest BCUT2D eigenvalue weighted by Crippen LogP contribution is 2.58. The van der Waals surface area contributed by atoms with Crippen LogP contribution in [0, 0.1) is 23.7 Å². The number of carbonyl (C=O) groups excluding carboxylic acids is 1. The zero-order chi connectivity index (χ0) is 17.5. The molecule has 4 aliphatic rings. The predicted octanol–water partition coefficient (Wildman–Crippen LogP) is 3.07. The molecule has 140 valence electrons. The van der Waals surface area contributed by atoms with Gasteiger partial charge in [-0.1, -0.05) is 12.1 Å². The molecule has 0 aromatic heterocycles. The van der Waals surface area contributed by atoms with Crippen LogP contribution >= 0.6 is 0 Å². The second-order valence-corrected chi connectivity index (χ2v) is 8.82. The van der Waals surface area contributed by atoms with E-state index in [4.69, 9.17) is 4.74 Å². The second-order valence-electron chi connectivity index (χ2n) is 8.82. The SMILES string of the molecule is O=C(N[C@@H]1CC[C@@H]2[C@@H]3CC[C@@H](C3)[C@@H]21)c1ccc(CN2CCOCC2)cc1. The topological polar surface area (TPSA) is 41.6 Å². The molecule has 1 N–H and O–H groups in total. The summed E-state index contributed by atoms with van der Waals surface area (Å²) in [5.74, 6) is 3.63. The number of hydrogen-bond donors (Lipinski definition) is 1. The zero-order valence-corrected chi connectivity index (χ0v) is 15.5. The number of fused-ring (bicyclic) bond motifs is 5. The lowest BCUT2D eigenvalue weighted by Crippen LogP contribution is -2.40. The van der Waals surface area contributed by atoms with Crippen molar-refractivity contribution in [3.05, 3.63) is 35.4 Å². The number of nitrogens with zero attached hydrogens (tertiary/aromatic N) is 1. The Kier molecular flexibility index (Phi) is 4.49. The first-order valence-electron chi connectivity index (χ1n) is 10.5. The highest BCUT2D eigenvalue weighted by Gasteiger charge is 2.53. The van der Waals surface area contributed by atoms with E-state index in [0.29, 0.717) is 6.04 Å². The Morgan fingerprint density at radius 2 is 1.81 bits per heavy atom. The minimum atomic E-state index is 0.122. The van der Waals surface area contributed by atoms with Crippen LogP contribution in [-0.4, -0.2) is 43.2 Å². The van der Waals surface area contributed by atoms with Gasteiger partial charge in [0, 0.05) is 31.2 Å². The zero-order valence-electron chi connectivity index (χ0n) is 15.5. The van der Waals surface area contributed by atoms with Gasteiger partial charge in [0.2, 0.25) is 0 Å². The fraction of sp³-hybridized carbons (Fsp3) is 0.682. The third kappa shape index (κ3) is 3.07. The Morgan fingerprint density at radius 3 is 2.62 bits per heavy atom. The summed E-state index contributed by atoms with van der Waals surface area (Å²) in [5.41, 5.74) is 2.08. The molecule has 1 heterocycles. The normalized spacial score (nSPS) is 36.2. The van der Waals surface area contributed by atoms with E-state index in [1.165, 1.54) is 37.7 Å². The molecule has 2 bridgehead atoms. The van der Waals surface area contributed by atoms with E-state index in [1.807, 2.05) is 12.1 Å². The quantitative estimate of drug-likeness (QED) is 0.903. The van der Waals surface area contributed by atoms with Crippen molar-refractivity contribution in [1.29, 1.82) is 0 Å². The van der Waals surface area contributed by atoms with Crippen molar-refractivity contribution in [2.24, 2.45) is 23.7 Å². The Balaban J connectivity index is 1.19. The first-order valence-corrected chi connectivity index (χ1v) is 10.5. The number of ether oxygens (including phenoxy) is 1. The van der Waals surface area contributed by atoms with Gasteiger partial charge in [-0.15, -0.1) is 0 Å². The van der Waals surface area contributed by atoms with Crippen molar-refractivity contribution in [1.82, 2.24) is 10.2 Å². The summed E-state index contributed by atoms with van der Waals surface area (Å²) in [6.45, 7) is 4.59. The Hall–Kier alpha value is -1.39. The van der Waals surface area contributed by atoms with Gasteiger partial charge in [-0.05, 0) is 73.5 Å². The van der Waals surface area contributed by atoms with Gasteiger partial charge in [0.1, 0.15) is 0 Å². The molecule has 1 aliphatic heterocycles. The van der Waals surface area contributed by atoms with E-state index >= 15 is 0 Å². The van der Waals surface area contributed by atoms with Crippen molar-refractivity contribution in [3.8, 4) is 0 Å². The molecule has 3 aliphatic carbocycles. The Morgan fingerprint density at radius 1 is 1.04 bits per heavy atom. The molecule has 0 spiro atoms. The Labute approximate surface area is 156 Å². The maximum atomic E-state index is 12.8. The molecule has 0 radical (unpaired) electrons. The summed E-state index contributed by atoms with van der Waals surface area (Å²) in [4.78, 5) is 15.2.